The van der Waals surface area contributed by atoms with Crippen LogP contribution in [0, 0.1) is 5.92 Å². The zero-order valence-corrected chi connectivity index (χ0v) is 17.1. The van der Waals surface area contributed by atoms with Crippen molar-refractivity contribution in [3.05, 3.63) is 11.7 Å². The number of likely N-dealkylation sites (tertiary alicyclic amines) is 1. The summed E-state index contributed by atoms with van der Waals surface area (Å²) in [4.78, 5) is 25.8. The van der Waals surface area contributed by atoms with E-state index in [0.717, 1.165) is 25.9 Å². The summed E-state index contributed by atoms with van der Waals surface area (Å²) in [6.45, 7) is 7.64. The van der Waals surface area contributed by atoms with Crippen LogP contribution in [-0.2, 0) is 10.9 Å². The van der Waals surface area contributed by atoms with Crippen LogP contribution in [0.15, 0.2) is 14.5 Å². The quantitative estimate of drug-likeness (QED) is 0.791. The molecule has 1 fully saturated rings. The van der Waals surface area contributed by atoms with E-state index in [9.17, 15) is 18.0 Å². The minimum Gasteiger partial charge on any atom is -0.444 e. The van der Waals surface area contributed by atoms with E-state index in [0.29, 0.717) is 18.4 Å². The SMILES string of the molecule is CC(C)(C)OC(=O)NCC1CCN(C2=NCC(c3noc(C(F)(F)F)n3)C=N2)CC1. The summed E-state index contributed by atoms with van der Waals surface area (Å²) in [5, 5.41) is 6.18. The van der Waals surface area contributed by atoms with Crippen LogP contribution < -0.4 is 5.32 Å². The minimum absolute atomic E-state index is 0.0826. The normalized spacial score (nSPS) is 20.8. The predicted octanol–water partition coefficient (Wildman–Crippen LogP) is 2.85. The fourth-order valence-corrected chi connectivity index (χ4v) is 3.13. The molecule has 1 saturated heterocycles. The van der Waals surface area contributed by atoms with Crippen LogP contribution in [0.2, 0.25) is 0 Å². The third-order valence-corrected chi connectivity index (χ3v) is 4.65. The number of hydrogen-bond donors (Lipinski definition) is 1. The van der Waals surface area contributed by atoms with Gasteiger partial charge in [0.15, 0.2) is 5.82 Å². The molecule has 1 unspecified atom stereocenters. The number of guanidine groups is 1. The van der Waals surface area contributed by atoms with Gasteiger partial charge in [-0.3, -0.25) is 4.99 Å². The van der Waals surface area contributed by atoms with Gasteiger partial charge in [-0.15, -0.1) is 0 Å². The summed E-state index contributed by atoms with van der Waals surface area (Å²) in [5.41, 5.74) is -0.530. The third kappa shape index (κ3) is 5.92. The first-order valence-electron chi connectivity index (χ1n) is 9.72. The van der Waals surface area contributed by atoms with Gasteiger partial charge in [0.05, 0.1) is 12.5 Å². The van der Waals surface area contributed by atoms with Crippen LogP contribution >= 0.6 is 0 Å². The molecule has 2 aliphatic rings. The van der Waals surface area contributed by atoms with Gasteiger partial charge in [0.1, 0.15) is 5.60 Å². The lowest BCUT2D eigenvalue weighted by molar-refractivity contribution is -0.159. The third-order valence-electron chi connectivity index (χ3n) is 4.65. The number of rotatable bonds is 3. The number of piperidine rings is 1. The van der Waals surface area contributed by atoms with E-state index in [4.69, 9.17) is 4.74 Å². The molecule has 1 aromatic rings. The van der Waals surface area contributed by atoms with E-state index in [1.807, 2.05) is 25.7 Å². The molecule has 1 N–H and O–H groups in total. The van der Waals surface area contributed by atoms with Crippen LogP contribution in [0.5, 0.6) is 0 Å². The zero-order valence-electron chi connectivity index (χ0n) is 17.1. The summed E-state index contributed by atoms with van der Waals surface area (Å²) in [6.07, 6.45) is -1.88. The molecular weight excluding hydrogens is 405 g/mol. The number of amides is 1. The smallest absolute Gasteiger partial charge is 0.444 e. The molecule has 0 aliphatic carbocycles. The Labute approximate surface area is 171 Å². The van der Waals surface area contributed by atoms with E-state index in [1.54, 1.807) is 0 Å². The molecule has 12 heteroatoms. The first-order chi connectivity index (χ1) is 14.0. The second kappa shape index (κ2) is 8.60. The molecule has 0 aromatic carbocycles. The maximum atomic E-state index is 12.6. The largest absolute Gasteiger partial charge is 0.471 e. The van der Waals surface area contributed by atoms with Gasteiger partial charge in [0.25, 0.3) is 0 Å². The second-order valence-corrected chi connectivity index (χ2v) is 8.29. The molecule has 0 spiro atoms. The maximum absolute atomic E-state index is 12.6. The number of nitrogens with zero attached hydrogens (tertiary/aromatic N) is 5. The van der Waals surface area contributed by atoms with E-state index in [-0.39, 0.29) is 12.4 Å². The van der Waals surface area contributed by atoms with E-state index >= 15 is 0 Å². The molecular formula is C18H25F3N6O3. The summed E-state index contributed by atoms with van der Waals surface area (Å²) in [5.74, 6) is -1.13. The number of aliphatic imine (C=N–C) groups is 2. The van der Waals surface area contributed by atoms with Crippen molar-refractivity contribution in [3.63, 3.8) is 0 Å². The highest BCUT2D eigenvalue weighted by Gasteiger charge is 2.39. The monoisotopic (exact) mass is 430 g/mol. The number of carbonyl (C=O) groups excluding carboxylic acids is 1. The van der Waals surface area contributed by atoms with Gasteiger partial charge in [-0.25, -0.2) is 9.79 Å². The first-order valence-corrected chi connectivity index (χ1v) is 9.72. The van der Waals surface area contributed by atoms with E-state index in [2.05, 4.69) is 30.0 Å². The standard InChI is InChI=1S/C18H25F3N6O3/c1-17(2,3)29-16(28)24-8-11-4-6-27(7-5-11)15-22-9-12(10-23-15)13-25-14(30-26-13)18(19,20)21/h9,11-12H,4-8,10H2,1-3H3,(H,24,28). The van der Waals surface area contributed by atoms with Crippen molar-refractivity contribution in [2.24, 2.45) is 15.9 Å². The van der Waals surface area contributed by atoms with Crippen LogP contribution in [0.1, 0.15) is 51.2 Å². The average Bonchev–Trinajstić information content (AvgIpc) is 3.16. The molecule has 9 nitrogen and oxygen atoms in total. The van der Waals surface area contributed by atoms with Gasteiger partial charge in [-0.2, -0.15) is 18.2 Å². The summed E-state index contributed by atoms with van der Waals surface area (Å²) in [7, 11) is 0. The van der Waals surface area contributed by atoms with E-state index in [1.165, 1.54) is 6.21 Å². The number of halogens is 3. The van der Waals surface area contributed by atoms with Crippen LogP contribution in [0.25, 0.3) is 0 Å². The van der Waals surface area contributed by atoms with Gasteiger partial charge in [-0.1, -0.05) is 5.16 Å². The summed E-state index contributed by atoms with van der Waals surface area (Å²) in [6, 6.07) is 0. The lowest BCUT2D eigenvalue weighted by Gasteiger charge is -2.33. The van der Waals surface area contributed by atoms with Gasteiger partial charge in [0, 0.05) is 25.8 Å². The Morgan fingerprint density at radius 1 is 1.30 bits per heavy atom. The Hall–Kier alpha value is -2.66. The van der Waals surface area contributed by atoms with Gasteiger partial charge >= 0.3 is 18.2 Å². The lowest BCUT2D eigenvalue weighted by Crippen LogP contribution is -2.42. The van der Waals surface area contributed by atoms with Crippen molar-refractivity contribution < 1.29 is 27.2 Å². The highest BCUT2D eigenvalue weighted by atomic mass is 19.4. The first kappa shape index (κ1) is 22.0. The van der Waals surface area contributed by atoms with Crippen molar-refractivity contribution in [2.45, 2.75) is 51.3 Å². The van der Waals surface area contributed by atoms with Crippen molar-refractivity contribution in [3.8, 4) is 0 Å². The number of aromatic nitrogens is 2. The molecule has 0 radical (unpaired) electrons. The van der Waals surface area contributed by atoms with Gasteiger partial charge in [0.2, 0.25) is 5.96 Å². The Morgan fingerprint density at radius 3 is 2.53 bits per heavy atom. The van der Waals surface area contributed by atoms with Crippen LogP contribution in [0.3, 0.4) is 0 Å². The maximum Gasteiger partial charge on any atom is 0.471 e. The molecule has 166 valence electrons. The zero-order chi connectivity index (χ0) is 21.9. The Kier molecular flexibility index (Phi) is 6.32. The number of nitrogens with one attached hydrogen (secondary N) is 1. The van der Waals surface area contributed by atoms with Gasteiger partial charge < -0.3 is 19.5 Å². The molecule has 1 amide bonds. The summed E-state index contributed by atoms with van der Waals surface area (Å²) < 4.78 is 47.2. The molecule has 0 saturated carbocycles. The second-order valence-electron chi connectivity index (χ2n) is 8.29. The number of carbonyl (C=O) groups is 1. The topological polar surface area (TPSA) is 105 Å². The Balaban J connectivity index is 1.44. The highest BCUT2D eigenvalue weighted by Crippen LogP contribution is 2.29. The van der Waals surface area contributed by atoms with Crippen molar-refractivity contribution in [1.29, 1.82) is 0 Å². The molecule has 1 aromatic heterocycles. The number of alkyl carbamates (subject to hydrolysis) is 1. The predicted molar refractivity (Wildman–Crippen MR) is 101 cm³/mol. The van der Waals surface area contributed by atoms with Gasteiger partial charge in [-0.05, 0) is 39.5 Å². The van der Waals surface area contributed by atoms with Crippen LogP contribution in [-0.4, -0.2) is 65.1 Å². The molecule has 30 heavy (non-hydrogen) atoms. The molecule has 2 aliphatic heterocycles. The lowest BCUT2D eigenvalue weighted by atomic mass is 9.97. The fraction of sp³-hybridized carbons (Fsp3) is 0.722. The number of hydrogen-bond acceptors (Lipinski definition) is 8. The van der Waals surface area contributed by atoms with Crippen molar-refractivity contribution in [1.82, 2.24) is 20.4 Å². The molecule has 1 atom stereocenters. The fourth-order valence-electron chi connectivity index (χ4n) is 3.13. The Morgan fingerprint density at radius 2 is 2.00 bits per heavy atom. The molecule has 3 rings (SSSR count). The van der Waals surface area contributed by atoms with E-state index < -0.39 is 29.7 Å². The number of alkyl halides is 3. The van der Waals surface area contributed by atoms with Crippen molar-refractivity contribution in [2.75, 3.05) is 26.2 Å². The highest BCUT2D eigenvalue weighted by molar-refractivity contribution is 5.91. The number of ether oxygens (including phenoxy) is 1. The summed E-state index contributed by atoms with van der Waals surface area (Å²) >= 11 is 0. The average molecular weight is 430 g/mol. The Bertz CT molecular complexity index is 807. The van der Waals surface area contributed by atoms with Crippen LogP contribution in [0.4, 0.5) is 18.0 Å². The molecule has 3 heterocycles. The molecule has 0 bridgehead atoms. The van der Waals surface area contributed by atoms with Crippen molar-refractivity contribution >= 4 is 18.3 Å². The minimum atomic E-state index is -4.67.